The standard InChI is InChI=1S/C23H22N10O/c1-15(22(25)34)16-3-4-20(26-10-16)31-5-7-32(8-6-31)23-21-17(9-24)11-28-33(21)14-19(29-23)18-12-27-30(2)13-18/h3-4,10-14H,1,5-8H2,2H3,(H2,25,34). The molecule has 5 heterocycles. The highest BCUT2D eigenvalue weighted by Crippen LogP contribution is 2.28. The van der Waals surface area contributed by atoms with Crippen LogP contribution in [0.3, 0.4) is 0 Å². The maximum atomic E-state index is 11.3. The van der Waals surface area contributed by atoms with E-state index in [-0.39, 0.29) is 5.57 Å². The molecule has 1 fully saturated rings. The lowest BCUT2D eigenvalue weighted by molar-refractivity contribution is -0.112. The third-order valence-corrected chi connectivity index (χ3v) is 5.90. The molecule has 0 aliphatic carbocycles. The number of fused-ring (bicyclic) bond motifs is 1. The minimum atomic E-state index is -0.563. The Kier molecular flexibility index (Phi) is 5.18. The van der Waals surface area contributed by atoms with Crippen LogP contribution in [-0.2, 0) is 11.8 Å². The van der Waals surface area contributed by atoms with Crippen molar-refractivity contribution in [2.24, 2.45) is 12.8 Å². The number of piperazine rings is 1. The third-order valence-electron chi connectivity index (χ3n) is 5.90. The Morgan fingerprint density at radius 2 is 1.85 bits per heavy atom. The summed E-state index contributed by atoms with van der Waals surface area (Å²) in [7, 11) is 1.86. The van der Waals surface area contributed by atoms with Gasteiger partial charge >= 0.3 is 0 Å². The minimum Gasteiger partial charge on any atom is -0.366 e. The van der Waals surface area contributed by atoms with Crippen LogP contribution in [0.25, 0.3) is 22.3 Å². The predicted octanol–water partition coefficient (Wildman–Crippen LogP) is 1.22. The Morgan fingerprint density at radius 1 is 1.09 bits per heavy atom. The highest BCUT2D eigenvalue weighted by molar-refractivity contribution is 6.17. The van der Waals surface area contributed by atoms with Gasteiger partial charge in [-0.15, -0.1) is 0 Å². The second kappa shape index (κ2) is 8.32. The van der Waals surface area contributed by atoms with Crippen LogP contribution in [0.1, 0.15) is 11.1 Å². The van der Waals surface area contributed by atoms with Crippen LogP contribution >= 0.6 is 0 Å². The highest BCUT2D eigenvalue weighted by atomic mass is 16.1. The van der Waals surface area contributed by atoms with Gasteiger partial charge in [0, 0.05) is 62.3 Å². The van der Waals surface area contributed by atoms with E-state index in [2.05, 4.69) is 37.6 Å². The SMILES string of the molecule is C=C(C(N)=O)c1ccc(N2CCN(c3nc(-c4cnn(C)c4)cn4ncc(C#N)c34)CC2)nc1. The highest BCUT2D eigenvalue weighted by Gasteiger charge is 2.24. The fourth-order valence-corrected chi connectivity index (χ4v) is 4.03. The third kappa shape index (κ3) is 3.71. The van der Waals surface area contributed by atoms with Crippen LogP contribution in [0.15, 0.2) is 49.7 Å². The van der Waals surface area contributed by atoms with Crippen LogP contribution in [0.2, 0.25) is 0 Å². The molecule has 11 nitrogen and oxygen atoms in total. The fraction of sp³-hybridized carbons (Fsp3) is 0.217. The summed E-state index contributed by atoms with van der Waals surface area (Å²) in [5, 5.41) is 18.2. The van der Waals surface area contributed by atoms with Crippen molar-refractivity contribution in [1.29, 1.82) is 5.26 Å². The van der Waals surface area contributed by atoms with E-state index in [4.69, 9.17) is 10.7 Å². The summed E-state index contributed by atoms with van der Waals surface area (Å²) in [6.45, 7) is 6.50. The molecule has 2 N–H and O–H groups in total. The molecule has 0 aromatic carbocycles. The largest absolute Gasteiger partial charge is 0.366 e. The summed E-state index contributed by atoms with van der Waals surface area (Å²) < 4.78 is 3.43. The van der Waals surface area contributed by atoms with Crippen molar-refractivity contribution in [3.63, 3.8) is 0 Å². The zero-order valence-electron chi connectivity index (χ0n) is 18.6. The average molecular weight is 454 g/mol. The number of carbonyl (C=O) groups excluding carboxylic acids is 1. The smallest absolute Gasteiger partial charge is 0.248 e. The summed E-state index contributed by atoms with van der Waals surface area (Å²) in [5.74, 6) is 0.966. The van der Waals surface area contributed by atoms with Crippen LogP contribution in [0.5, 0.6) is 0 Å². The maximum absolute atomic E-state index is 11.3. The number of nitrogens with zero attached hydrogens (tertiary/aromatic N) is 9. The number of hydrogen-bond donors (Lipinski definition) is 1. The monoisotopic (exact) mass is 454 g/mol. The summed E-state index contributed by atoms with van der Waals surface area (Å²) in [6.07, 6.45) is 8.65. The number of aromatic nitrogens is 6. The van der Waals surface area contributed by atoms with E-state index in [0.29, 0.717) is 42.8 Å². The Hall–Kier alpha value is -4.72. The molecule has 170 valence electrons. The summed E-state index contributed by atoms with van der Waals surface area (Å²) in [4.78, 5) is 25.1. The lowest BCUT2D eigenvalue weighted by Crippen LogP contribution is -2.47. The molecule has 11 heteroatoms. The normalized spacial score (nSPS) is 13.8. The van der Waals surface area contributed by atoms with Gasteiger partial charge in [-0.25, -0.2) is 14.5 Å². The van der Waals surface area contributed by atoms with Gasteiger partial charge in [0.05, 0.1) is 24.3 Å². The summed E-state index contributed by atoms with van der Waals surface area (Å²) in [5.41, 5.74) is 8.93. The molecule has 5 rings (SSSR count). The lowest BCUT2D eigenvalue weighted by Gasteiger charge is -2.36. The molecule has 0 saturated carbocycles. The molecular formula is C23H22N10O. The van der Waals surface area contributed by atoms with Crippen molar-refractivity contribution >= 4 is 28.6 Å². The molecular weight excluding hydrogens is 432 g/mol. The van der Waals surface area contributed by atoms with E-state index in [1.54, 1.807) is 33.9 Å². The van der Waals surface area contributed by atoms with Gasteiger partial charge in [-0.05, 0) is 12.1 Å². The van der Waals surface area contributed by atoms with Gasteiger partial charge in [-0.3, -0.25) is 9.48 Å². The molecule has 0 atom stereocenters. The van der Waals surface area contributed by atoms with Gasteiger partial charge in [0.15, 0.2) is 5.82 Å². The second-order valence-corrected chi connectivity index (χ2v) is 8.04. The van der Waals surface area contributed by atoms with Gasteiger partial charge in [-0.2, -0.15) is 15.5 Å². The Balaban J connectivity index is 1.41. The number of nitriles is 1. The number of nitrogens with two attached hydrogens (primary N) is 1. The van der Waals surface area contributed by atoms with Crippen molar-refractivity contribution in [2.75, 3.05) is 36.0 Å². The molecule has 1 saturated heterocycles. The molecule has 1 amide bonds. The van der Waals surface area contributed by atoms with Crippen molar-refractivity contribution in [3.8, 4) is 17.3 Å². The van der Waals surface area contributed by atoms with Crippen LogP contribution < -0.4 is 15.5 Å². The molecule has 0 radical (unpaired) electrons. The molecule has 4 aromatic heterocycles. The predicted molar refractivity (Wildman–Crippen MR) is 127 cm³/mol. The second-order valence-electron chi connectivity index (χ2n) is 8.04. The molecule has 4 aromatic rings. The lowest BCUT2D eigenvalue weighted by atomic mass is 10.1. The van der Waals surface area contributed by atoms with Gasteiger partial charge in [-0.1, -0.05) is 6.58 Å². The fourth-order valence-electron chi connectivity index (χ4n) is 4.03. The van der Waals surface area contributed by atoms with Crippen molar-refractivity contribution < 1.29 is 4.79 Å². The van der Waals surface area contributed by atoms with Gasteiger partial charge in [0.1, 0.15) is 23.0 Å². The number of pyridine rings is 1. The molecule has 0 spiro atoms. The molecule has 0 bridgehead atoms. The zero-order valence-corrected chi connectivity index (χ0v) is 18.6. The van der Waals surface area contributed by atoms with Crippen molar-refractivity contribution in [1.82, 2.24) is 29.4 Å². The number of aryl methyl sites for hydroxylation is 1. The zero-order chi connectivity index (χ0) is 23.8. The number of primary amides is 1. The van der Waals surface area contributed by atoms with E-state index in [1.165, 1.54) is 0 Å². The number of carbonyl (C=O) groups is 1. The summed E-state index contributed by atoms with van der Waals surface area (Å²) >= 11 is 0. The number of anilines is 2. The Labute approximate surface area is 195 Å². The van der Waals surface area contributed by atoms with Gasteiger partial charge in [0.25, 0.3) is 0 Å². The topological polar surface area (TPSA) is 134 Å². The van der Waals surface area contributed by atoms with E-state index in [9.17, 15) is 10.1 Å². The van der Waals surface area contributed by atoms with E-state index < -0.39 is 5.91 Å². The Bertz CT molecular complexity index is 1430. The first kappa shape index (κ1) is 21.1. The van der Waals surface area contributed by atoms with Gasteiger partial charge in [0.2, 0.25) is 5.91 Å². The average Bonchev–Trinajstić information content (AvgIpc) is 3.49. The van der Waals surface area contributed by atoms with Crippen molar-refractivity contribution in [2.45, 2.75) is 0 Å². The van der Waals surface area contributed by atoms with Gasteiger partial charge < -0.3 is 15.5 Å². The van der Waals surface area contributed by atoms with Crippen molar-refractivity contribution in [3.05, 3.63) is 60.8 Å². The van der Waals surface area contributed by atoms with Crippen LogP contribution in [-0.4, -0.2) is 61.4 Å². The van der Waals surface area contributed by atoms with Crippen LogP contribution in [0.4, 0.5) is 11.6 Å². The molecule has 34 heavy (non-hydrogen) atoms. The minimum absolute atomic E-state index is 0.238. The number of amides is 1. The number of hydrogen-bond acceptors (Lipinski definition) is 8. The molecule has 1 aliphatic heterocycles. The van der Waals surface area contributed by atoms with E-state index in [1.807, 2.05) is 25.5 Å². The first-order chi connectivity index (χ1) is 16.4. The Morgan fingerprint density at radius 3 is 2.47 bits per heavy atom. The van der Waals surface area contributed by atoms with Crippen LogP contribution in [0, 0.1) is 11.3 Å². The first-order valence-corrected chi connectivity index (χ1v) is 10.7. The number of rotatable bonds is 5. The summed E-state index contributed by atoms with van der Waals surface area (Å²) in [6, 6.07) is 5.89. The molecule has 1 aliphatic rings. The van der Waals surface area contributed by atoms with E-state index in [0.717, 1.165) is 22.9 Å². The first-order valence-electron chi connectivity index (χ1n) is 10.7. The van der Waals surface area contributed by atoms with E-state index >= 15 is 0 Å². The maximum Gasteiger partial charge on any atom is 0.248 e. The molecule has 0 unspecified atom stereocenters. The quantitative estimate of drug-likeness (QED) is 0.445.